The molecule has 2 heterocycles. The summed E-state index contributed by atoms with van der Waals surface area (Å²) < 4.78 is 5.31. The topological polar surface area (TPSA) is 131 Å². The summed E-state index contributed by atoms with van der Waals surface area (Å²) in [6.45, 7) is 9.67. The molecule has 2 aromatic carbocycles. The molecule has 0 unspecified atom stereocenters. The Kier molecular flexibility index (Phi) is 14.0. The highest BCUT2D eigenvalue weighted by molar-refractivity contribution is 6.37. The molecule has 0 radical (unpaired) electrons. The molecule has 5 atom stereocenters. The maximum absolute atomic E-state index is 14.8. The number of ketones is 3. The van der Waals surface area contributed by atoms with Crippen molar-refractivity contribution in [3.05, 3.63) is 64.7 Å². The Morgan fingerprint density at radius 2 is 1.76 bits per heavy atom. The van der Waals surface area contributed by atoms with Crippen molar-refractivity contribution in [1.29, 1.82) is 0 Å². The van der Waals surface area contributed by atoms with Gasteiger partial charge in [0.1, 0.15) is 11.5 Å². The molecule has 2 aliphatic heterocycles. The second-order valence-corrected chi connectivity index (χ2v) is 17.5. The molecule has 1 N–H and O–H groups in total. The first-order valence-corrected chi connectivity index (χ1v) is 20.4. The number of Topliss-reactive ketones (excluding diaryl/α,β-unsaturated/α-hetero) is 3. The summed E-state index contributed by atoms with van der Waals surface area (Å²) in [6.07, 6.45) is 7.30. The minimum atomic E-state index is -0.976. The van der Waals surface area contributed by atoms with Crippen LogP contribution in [0.25, 0.3) is 0 Å². The van der Waals surface area contributed by atoms with Gasteiger partial charge in [-0.2, -0.15) is 0 Å². The Balaban J connectivity index is 1.37. The summed E-state index contributed by atoms with van der Waals surface area (Å²) in [4.78, 5) is 77.7. The second-order valence-electron chi connectivity index (χ2n) is 17.0. The zero-order valence-electron chi connectivity index (χ0n) is 33.3. The molecular weight excluding hydrogens is 718 g/mol. The number of nitrogens with zero attached hydrogens (tertiary/aromatic N) is 2. The van der Waals surface area contributed by atoms with Crippen LogP contribution in [0.4, 0.5) is 0 Å². The lowest BCUT2D eigenvalue weighted by molar-refractivity contribution is -0.147. The predicted octanol–water partition coefficient (Wildman–Crippen LogP) is 8.23. The average Bonchev–Trinajstić information content (AvgIpc) is 3.76. The second kappa shape index (κ2) is 18.3. The van der Waals surface area contributed by atoms with Crippen molar-refractivity contribution >= 4 is 46.5 Å². The van der Waals surface area contributed by atoms with E-state index >= 15 is 0 Å². The van der Waals surface area contributed by atoms with Gasteiger partial charge in [0, 0.05) is 54.5 Å². The Labute approximate surface area is 331 Å². The molecule has 2 fully saturated rings. The van der Waals surface area contributed by atoms with Crippen LogP contribution in [0.1, 0.15) is 129 Å². The third-order valence-corrected chi connectivity index (χ3v) is 11.9. The van der Waals surface area contributed by atoms with Crippen LogP contribution in [-0.2, 0) is 28.8 Å². The number of methoxy groups -OCH3 is 1. The van der Waals surface area contributed by atoms with Crippen molar-refractivity contribution in [1.82, 2.24) is 10.2 Å². The Bertz CT molecular complexity index is 1760. The van der Waals surface area contributed by atoms with Crippen LogP contribution in [0, 0.1) is 23.2 Å². The van der Waals surface area contributed by atoms with E-state index in [-0.39, 0.29) is 43.3 Å². The SMILES string of the molecule is CCC[C@H](CC(=O)[C@@H]1C[C@]2(CC(c3cccc(Cl)c3)=NO2)CN1C(=O)[C@@H](CC(=O)CC1CCCCC1)C(C)(C)C)C(=O)C(=O)N[C@@H](C)c1cccc(OC)c1. The molecular formula is C44H58ClN3O7. The van der Waals surface area contributed by atoms with Crippen LogP contribution >= 0.6 is 11.6 Å². The van der Waals surface area contributed by atoms with Gasteiger partial charge in [-0.25, -0.2) is 0 Å². The van der Waals surface area contributed by atoms with Gasteiger partial charge in [-0.1, -0.05) is 107 Å². The Hall–Kier alpha value is -4.05. The highest BCUT2D eigenvalue weighted by Gasteiger charge is 2.55. The van der Waals surface area contributed by atoms with Gasteiger partial charge in [-0.15, -0.1) is 0 Å². The van der Waals surface area contributed by atoms with Gasteiger partial charge in [-0.05, 0) is 54.5 Å². The maximum atomic E-state index is 14.8. The van der Waals surface area contributed by atoms with Gasteiger partial charge >= 0.3 is 0 Å². The zero-order chi connectivity index (χ0) is 39.9. The minimum absolute atomic E-state index is 0.0726. The number of hydrogen-bond acceptors (Lipinski definition) is 8. The fraction of sp³-hybridized carbons (Fsp3) is 0.591. The zero-order valence-corrected chi connectivity index (χ0v) is 34.1. The summed E-state index contributed by atoms with van der Waals surface area (Å²) in [7, 11) is 1.56. The van der Waals surface area contributed by atoms with Gasteiger partial charge in [-0.3, -0.25) is 24.0 Å². The fourth-order valence-electron chi connectivity index (χ4n) is 8.49. The highest BCUT2D eigenvalue weighted by Crippen LogP contribution is 2.43. The van der Waals surface area contributed by atoms with E-state index in [1.807, 2.05) is 52.0 Å². The standard InChI is InChI=1S/C44H58ClN3O7/c1-7-13-32(40(51)41(52)46-28(2)30-16-12-19-35(22-30)54-6)23-39(50)38-26-44(25-37(47-55-44)31-17-11-18-33(45)21-31)27-48(38)42(53)36(43(3,4)5)24-34(49)20-29-14-9-8-10-15-29/h11-12,16-19,21-22,28-29,32,36,38H,7-10,13-15,20,23-27H2,1-6H3,(H,46,52)/t28-,32+,36+,38-,44+/m0/s1. The molecule has 2 aromatic rings. The molecule has 5 rings (SSSR count). The Morgan fingerprint density at radius 1 is 1.04 bits per heavy atom. The molecule has 298 valence electrons. The quantitative estimate of drug-likeness (QED) is 0.170. The number of nitrogens with one attached hydrogen (secondary N) is 1. The molecule has 0 aromatic heterocycles. The van der Waals surface area contributed by atoms with E-state index in [1.54, 1.807) is 43.2 Å². The molecule has 3 aliphatic rings. The van der Waals surface area contributed by atoms with Crippen LogP contribution in [0.15, 0.2) is 53.7 Å². The van der Waals surface area contributed by atoms with E-state index in [4.69, 9.17) is 21.2 Å². The smallest absolute Gasteiger partial charge is 0.288 e. The minimum Gasteiger partial charge on any atom is -0.497 e. The van der Waals surface area contributed by atoms with Crippen LogP contribution in [0.2, 0.25) is 5.02 Å². The lowest BCUT2D eigenvalue weighted by Gasteiger charge is -2.35. The molecule has 10 nitrogen and oxygen atoms in total. The molecule has 2 amide bonds. The average molecular weight is 776 g/mol. The van der Waals surface area contributed by atoms with Crippen LogP contribution in [0.5, 0.6) is 5.75 Å². The van der Waals surface area contributed by atoms with Gasteiger partial charge in [0.2, 0.25) is 11.7 Å². The number of amides is 2. The normalized spacial score (nSPS) is 21.7. The first-order valence-electron chi connectivity index (χ1n) is 20.0. The van der Waals surface area contributed by atoms with Crippen LogP contribution in [-0.4, -0.2) is 65.1 Å². The van der Waals surface area contributed by atoms with Crippen molar-refractivity contribution in [2.75, 3.05) is 13.7 Å². The fourth-order valence-corrected chi connectivity index (χ4v) is 8.68. The highest BCUT2D eigenvalue weighted by atomic mass is 35.5. The lowest BCUT2D eigenvalue weighted by Crippen LogP contribution is -2.48. The third kappa shape index (κ3) is 10.6. The number of likely N-dealkylation sites (tertiary alicyclic amines) is 1. The third-order valence-electron chi connectivity index (χ3n) is 11.7. The predicted molar refractivity (Wildman–Crippen MR) is 213 cm³/mol. The van der Waals surface area contributed by atoms with Gasteiger partial charge in [0.25, 0.3) is 5.91 Å². The molecule has 11 heteroatoms. The molecule has 1 spiro atoms. The monoisotopic (exact) mass is 775 g/mol. The largest absolute Gasteiger partial charge is 0.497 e. The number of halogens is 1. The van der Waals surface area contributed by atoms with Crippen molar-refractivity contribution in [3.8, 4) is 5.75 Å². The van der Waals surface area contributed by atoms with Crippen molar-refractivity contribution in [3.63, 3.8) is 0 Å². The van der Waals surface area contributed by atoms with Crippen molar-refractivity contribution < 1.29 is 33.5 Å². The molecule has 55 heavy (non-hydrogen) atoms. The van der Waals surface area contributed by atoms with E-state index in [1.165, 1.54) is 6.42 Å². The number of carbonyl (C=O) groups is 5. The number of carbonyl (C=O) groups excluding carboxylic acids is 5. The first kappa shape index (κ1) is 42.1. The summed E-state index contributed by atoms with van der Waals surface area (Å²) in [6, 6.07) is 13.1. The summed E-state index contributed by atoms with van der Waals surface area (Å²) in [5, 5.41) is 7.78. The molecule has 1 saturated carbocycles. The number of benzene rings is 2. The van der Waals surface area contributed by atoms with Crippen molar-refractivity contribution in [2.45, 2.75) is 129 Å². The summed E-state index contributed by atoms with van der Waals surface area (Å²) >= 11 is 6.30. The van der Waals surface area contributed by atoms with Gasteiger partial charge < -0.3 is 19.8 Å². The maximum Gasteiger partial charge on any atom is 0.288 e. The lowest BCUT2D eigenvalue weighted by atomic mass is 9.75. The van der Waals surface area contributed by atoms with E-state index in [0.717, 1.165) is 36.8 Å². The number of ether oxygens (including phenoxy) is 1. The van der Waals surface area contributed by atoms with E-state index in [0.29, 0.717) is 48.1 Å². The Morgan fingerprint density at radius 3 is 2.44 bits per heavy atom. The van der Waals surface area contributed by atoms with Crippen LogP contribution in [0.3, 0.4) is 0 Å². The van der Waals surface area contributed by atoms with E-state index in [9.17, 15) is 24.0 Å². The number of hydrogen-bond donors (Lipinski definition) is 1. The van der Waals surface area contributed by atoms with Gasteiger partial charge in [0.15, 0.2) is 11.4 Å². The summed E-state index contributed by atoms with van der Waals surface area (Å²) in [5.74, 6) is -2.51. The number of oxime groups is 1. The first-order chi connectivity index (χ1) is 26.1. The van der Waals surface area contributed by atoms with E-state index in [2.05, 4.69) is 10.5 Å². The number of rotatable bonds is 16. The molecule has 1 saturated heterocycles. The molecule has 0 bridgehead atoms. The van der Waals surface area contributed by atoms with Gasteiger partial charge in [0.05, 0.1) is 31.4 Å². The van der Waals surface area contributed by atoms with Crippen molar-refractivity contribution in [2.24, 2.45) is 28.3 Å². The van der Waals surface area contributed by atoms with E-state index < -0.39 is 46.6 Å². The van der Waals surface area contributed by atoms with Crippen LogP contribution < -0.4 is 10.1 Å². The molecule has 1 aliphatic carbocycles. The summed E-state index contributed by atoms with van der Waals surface area (Å²) in [5.41, 5.74) is 0.686.